The van der Waals surface area contributed by atoms with Gasteiger partial charge in [0.15, 0.2) is 0 Å². The predicted octanol–water partition coefficient (Wildman–Crippen LogP) is 3.04. The van der Waals surface area contributed by atoms with Gasteiger partial charge in [-0.2, -0.15) is 0 Å². The topological polar surface area (TPSA) is 120 Å². The second kappa shape index (κ2) is 9.36. The highest BCUT2D eigenvalue weighted by Gasteiger charge is 2.58. The number of carboxylic acid groups (broad SMARTS) is 1. The Morgan fingerprint density at radius 3 is 2.73 bits per heavy atom. The average molecular weight is 458 g/mol. The van der Waals surface area contributed by atoms with E-state index >= 15 is 0 Å². The first-order valence-electron chi connectivity index (χ1n) is 11.4. The van der Waals surface area contributed by atoms with Gasteiger partial charge in [0.25, 0.3) is 0 Å². The molecule has 33 heavy (non-hydrogen) atoms. The van der Waals surface area contributed by atoms with Crippen molar-refractivity contribution in [1.29, 1.82) is 0 Å². The molecule has 2 aliphatic carbocycles. The molecule has 1 amide bonds. The molecule has 4 rings (SSSR count). The summed E-state index contributed by atoms with van der Waals surface area (Å²) in [5.41, 5.74) is 2.49. The molecule has 2 aromatic rings. The summed E-state index contributed by atoms with van der Waals surface area (Å²) < 4.78 is 13.2. The lowest BCUT2D eigenvalue weighted by molar-refractivity contribution is -0.142. The van der Waals surface area contributed by atoms with Gasteiger partial charge in [-0.15, -0.1) is 5.10 Å². The third kappa shape index (κ3) is 4.79. The van der Waals surface area contributed by atoms with E-state index in [0.717, 1.165) is 19.3 Å². The first-order chi connectivity index (χ1) is 15.8. The summed E-state index contributed by atoms with van der Waals surface area (Å²) in [4.78, 5) is 29.9. The van der Waals surface area contributed by atoms with E-state index in [9.17, 15) is 14.7 Å². The minimum Gasteiger partial charge on any atom is -0.488 e. The maximum absolute atomic E-state index is 12.2. The van der Waals surface area contributed by atoms with Crippen LogP contribution in [0.1, 0.15) is 44.0 Å². The smallest absolute Gasteiger partial charge is 0.409 e. The molecule has 178 valence electrons. The zero-order chi connectivity index (χ0) is 23.7. The van der Waals surface area contributed by atoms with Crippen LogP contribution in [0.5, 0.6) is 5.75 Å². The van der Waals surface area contributed by atoms with Crippen molar-refractivity contribution < 1.29 is 24.2 Å². The lowest BCUT2D eigenvalue weighted by Crippen LogP contribution is -2.28. The Morgan fingerprint density at radius 2 is 2.06 bits per heavy atom. The van der Waals surface area contributed by atoms with Crippen LogP contribution in [-0.2, 0) is 23.2 Å². The lowest BCUT2D eigenvalue weighted by Gasteiger charge is -2.18. The van der Waals surface area contributed by atoms with Crippen LogP contribution >= 0.6 is 0 Å². The maximum Gasteiger partial charge on any atom is 0.409 e. The van der Waals surface area contributed by atoms with Crippen LogP contribution in [0.15, 0.2) is 12.1 Å². The van der Waals surface area contributed by atoms with Gasteiger partial charge >= 0.3 is 12.1 Å². The van der Waals surface area contributed by atoms with Gasteiger partial charge in [-0.3, -0.25) is 4.79 Å². The fraction of sp³-hybridized carbons (Fsp3) is 0.609. The van der Waals surface area contributed by atoms with E-state index in [1.807, 2.05) is 13.0 Å². The van der Waals surface area contributed by atoms with Crippen LogP contribution in [0.2, 0.25) is 0 Å². The number of carbonyl (C=O) groups is 2. The SMILES string of the molecule is CCCCN(C)C(=O)OCc1c(-c2ccc(O[C@H]3C[C@H](C(=O)O)[C@@H]4C[C@@H]43)c(C)n2)nnn1C. The molecule has 0 aliphatic heterocycles. The Hall–Kier alpha value is -3.17. The van der Waals surface area contributed by atoms with Crippen molar-refractivity contribution in [3.8, 4) is 17.1 Å². The Balaban J connectivity index is 1.43. The number of hydrogen-bond donors (Lipinski definition) is 1. The van der Waals surface area contributed by atoms with Crippen molar-refractivity contribution >= 4 is 12.1 Å². The quantitative estimate of drug-likeness (QED) is 0.610. The molecular weight excluding hydrogens is 426 g/mol. The van der Waals surface area contributed by atoms with Crippen molar-refractivity contribution in [1.82, 2.24) is 24.9 Å². The Kier molecular flexibility index (Phi) is 6.53. The monoisotopic (exact) mass is 457 g/mol. The Bertz CT molecular complexity index is 1040. The van der Waals surface area contributed by atoms with Crippen LogP contribution in [0.3, 0.4) is 0 Å². The van der Waals surface area contributed by atoms with E-state index < -0.39 is 12.1 Å². The molecule has 0 radical (unpaired) electrons. The molecule has 4 atom stereocenters. The van der Waals surface area contributed by atoms with Crippen molar-refractivity contribution in [3.63, 3.8) is 0 Å². The second-order valence-electron chi connectivity index (χ2n) is 9.02. The van der Waals surface area contributed by atoms with Gasteiger partial charge in [0.1, 0.15) is 29.8 Å². The van der Waals surface area contributed by atoms with Crippen molar-refractivity contribution in [2.24, 2.45) is 24.8 Å². The zero-order valence-electron chi connectivity index (χ0n) is 19.5. The predicted molar refractivity (Wildman–Crippen MR) is 118 cm³/mol. The molecule has 0 saturated heterocycles. The summed E-state index contributed by atoms with van der Waals surface area (Å²) >= 11 is 0. The number of ether oxygens (including phenoxy) is 2. The summed E-state index contributed by atoms with van der Waals surface area (Å²) in [7, 11) is 3.46. The molecule has 0 bridgehead atoms. The third-order valence-corrected chi connectivity index (χ3v) is 6.68. The van der Waals surface area contributed by atoms with Crippen molar-refractivity contribution in [2.75, 3.05) is 13.6 Å². The maximum atomic E-state index is 12.2. The summed E-state index contributed by atoms with van der Waals surface area (Å²) in [6.45, 7) is 4.60. The molecule has 0 spiro atoms. The van der Waals surface area contributed by atoms with Crippen LogP contribution in [0, 0.1) is 24.7 Å². The number of hydrogen-bond acceptors (Lipinski definition) is 7. The summed E-state index contributed by atoms with van der Waals surface area (Å²) in [6.07, 6.45) is 2.90. The second-order valence-corrected chi connectivity index (χ2v) is 9.02. The van der Waals surface area contributed by atoms with Crippen molar-refractivity contribution in [3.05, 3.63) is 23.5 Å². The van der Waals surface area contributed by atoms with Crippen LogP contribution in [0.25, 0.3) is 11.4 Å². The number of aromatic nitrogens is 4. The average Bonchev–Trinajstić information content (AvgIpc) is 3.37. The van der Waals surface area contributed by atoms with Gasteiger partial charge in [-0.25, -0.2) is 14.5 Å². The number of amides is 1. The first-order valence-corrected chi connectivity index (χ1v) is 11.4. The summed E-state index contributed by atoms with van der Waals surface area (Å²) in [5, 5.41) is 17.7. The summed E-state index contributed by atoms with van der Waals surface area (Å²) in [6, 6.07) is 3.64. The van der Waals surface area contributed by atoms with Crippen LogP contribution < -0.4 is 4.74 Å². The lowest BCUT2D eigenvalue weighted by atomic mass is 10.0. The molecule has 10 nitrogen and oxygen atoms in total. The van der Waals surface area contributed by atoms with Gasteiger partial charge < -0.3 is 19.5 Å². The fourth-order valence-corrected chi connectivity index (χ4v) is 4.58. The number of aliphatic carboxylic acids is 1. The molecule has 2 heterocycles. The van der Waals surface area contributed by atoms with Gasteiger partial charge in [-0.05, 0) is 50.2 Å². The number of carboxylic acids is 1. The van der Waals surface area contributed by atoms with Crippen molar-refractivity contribution in [2.45, 2.75) is 52.2 Å². The van der Waals surface area contributed by atoms with E-state index in [2.05, 4.69) is 22.2 Å². The molecule has 0 unspecified atom stereocenters. The van der Waals surface area contributed by atoms with E-state index in [1.165, 1.54) is 0 Å². The number of fused-ring (bicyclic) bond motifs is 1. The van der Waals surface area contributed by atoms with Gasteiger partial charge in [0.2, 0.25) is 0 Å². The Morgan fingerprint density at radius 1 is 1.27 bits per heavy atom. The standard InChI is InChI=1S/C23H31N5O5/c1-5-6-9-27(3)23(31)32-12-18-21(25-26-28(18)4)17-7-8-19(13(2)24-17)33-20-11-16(22(29)30)14-10-15(14)20/h7-8,14-16,20H,5-6,9-12H2,1-4H3,(H,29,30)/t14-,15+,16+,20+/m1/s1. The number of carbonyl (C=O) groups excluding carboxylic acids is 1. The fourth-order valence-electron chi connectivity index (χ4n) is 4.58. The van der Waals surface area contributed by atoms with E-state index in [-0.39, 0.29) is 24.5 Å². The molecule has 2 aromatic heterocycles. The highest BCUT2D eigenvalue weighted by atomic mass is 16.6. The molecular formula is C23H31N5O5. The van der Waals surface area contributed by atoms with Gasteiger partial charge in [-0.1, -0.05) is 18.6 Å². The largest absolute Gasteiger partial charge is 0.488 e. The molecule has 2 fully saturated rings. The van der Waals surface area contributed by atoms with Crippen LogP contribution in [0.4, 0.5) is 4.79 Å². The minimum absolute atomic E-state index is 0.0365. The number of unbranched alkanes of at least 4 members (excludes halogenated alkanes) is 1. The zero-order valence-corrected chi connectivity index (χ0v) is 19.5. The molecule has 1 N–H and O–H groups in total. The summed E-state index contributed by atoms with van der Waals surface area (Å²) in [5.74, 6) is 0.173. The Labute approximate surface area is 192 Å². The molecule has 0 aromatic carbocycles. The van der Waals surface area contributed by atoms with Gasteiger partial charge in [0.05, 0.1) is 17.3 Å². The van der Waals surface area contributed by atoms with E-state index in [4.69, 9.17) is 9.47 Å². The third-order valence-electron chi connectivity index (χ3n) is 6.68. The number of nitrogens with zero attached hydrogens (tertiary/aromatic N) is 5. The molecule has 2 aliphatic rings. The van der Waals surface area contributed by atoms with Crippen LogP contribution in [-0.4, -0.2) is 61.7 Å². The highest BCUT2D eigenvalue weighted by Crippen LogP contribution is 2.56. The number of pyridine rings is 1. The minimum atomic E-state index is -0.730. The van der Waals surface area contributed by atoms with E-state index in [0.29, 0.717) is 47.4 Å². The number of rotatable bonds is 9. The van der Waals surface area contributed by atoms with E-state index in [1.54, 1.807) is 29.7 Å². The normalized spacial score (nSPS) is 23.2. The van der Waals surface area contributed by atoms with Gasteiger partial charge in [0, 0.05) is 20.6 Å². The molecule has 10 heteroatoms. The molecule has 2 saturated carbocycles. The highest BCUT2D eigenvalue weighted by molar-refractivity contribution is 5.72. The number of aryl methyl sites for hydroxylation is 2. The first kappa shape index (κ1) is 23.0.